The molecule has 2 aliphatic rings. The summed E-state index contributed by atoms with van der Waals surface area (Å²) < 4.78 is 17.4. The molecule has 1 N–H and O–H groups in total. The molecular formula is C24H39N3O3. The summed E-state index contributed by atoms with van der Waals surface area (Å²) in [5, 5.41) is 3.46. The first kappa shape index (κ1) is 23.0. The molecule has 30 heavy (non-hydrogen) atoms. The van der Waals surface area contributed by atoms with Gasteiger partial charge in [0.1, 0.15) is 6.10 Å². The summed E-state index contributed by atoms with van der Waals surface area (Å²) in [7, 11) is 0. The summed E-state index contributed by atoms with van der Waals surface area (Å²) in [6.45, 7) is 13.9. The number of benzene rings is 1. The molecule has 2 fully saturated rings. The molecule has 1 atom stereocenters. The van der Waals surface area contributed by atoms with Crippen LogP contribution in [0.5, 0.6) is 0 Å². The van der Waals surface area contributed by atoms with Crippen LogP contribution in [0.3, 0.4) is 0 Å². The van der Waals surface area contributed by atoms with Gasteiger partial charge in [-0.3, -0.25) is 4.99 Å². The van der Waals surface area contributed by atoms with Crippen molar-refractivity contribution in [1.82, 2.24) is 10.2 Å². The van der Waals surface area contributed by atoms with E-state index >= 15 is 0 Å². The van der Waals surface area contributed by atoms with Gasteiger partial charge >= 0.3 is 0 Å². The van der Waals surface area contributed by atoms with E-state index in [-0.39, 0.29) is 6.10 Å². The van der Waals surface area contributed by atoms with Gasteiger partial charge in [-0.15, -0.1) is 0 Å². The van der Waals surface area contributed by atoms with Crippen molar-refractivity contribution in [3.8, 4) is 0 Å². The Morgan fingerprint density at radius 1 is 1.23 bits per heavy atom. The molecule has 0 radical (unpaired) electrons. The fourth-order valence-electron chi connectivity index (χ4n) is 4.16. The SMILES string of the molecule is CCNC(=NCCCOCC1CCOCC1)N1CCOC(c2ccc(C)cc2C)C1. The molecule has 2 saturated heterocycles. The van der Waals surface area contributed by atoms with Crippen LogP contribution < -0.4 is 5.32 Å². The molecular weight excluding hydrogens is 378 g/mol. The Labute approximate surface area is 182 Å². The molecule has 2 heterocycles. The van der Waals surface area contributed by atoms with E-state index in [0.717, 1.165) is 84.4 Å². The van der Waals surface area contributed by atoms with Gasteiger partial charge in [-0.05, 0) is 57.1 Å². The van der Waals surface area contributed by atoms with E-state index in [2.05, 4.69) is 49.2 Å². The normalized spacial score (nSPS) is 21.1. The summed E-state index contributed by atoms with van der Waals surface area (Å²) in [5.41, 5.74) is 3.87. The predicted octanol–water partition coefficient (Wildman–Crippen LogP) is 3.48. The van der Waals surface area contributed by atoms with Gasteiger partial charge in [0, 0.05) is 46.1 Å². The number of nitrogens with one attached hydrogen (secondary N) is 1. The van der Waals surface area contributed by atoms with Gasteiger partial charge in [0.05, 0.1) is 13.2 Å². The minimum atomic E-state index is 0.0889. The highest BCUT2D eigenvalue weighted by Gasteiger charge is 2.25. The molecule has 0 amide bonds. The smallest absolute Gasteiger partial charge is 0.194 e. The maximum absolute atomic E-state index is 6.11. The Morgan fingerprint density at radius 3 is 2.83 bits per heavy atom. The van der Waals surface area contributed by atoms with Crippen molar-refractivity contribution >= 4 is 5.96 Å². The van der Waals surface area contributed by atoms with Crippen molar-refractivity contribution < 1.29 is 14.2 Å². The zero-order chi connectivity index (χ0) is 21.2. The highest BCUT2D eigenvalue weighted by Crippen LogP contribution is 2.26. The van der Waals surface area contributed by atoms with Crippen molar-refractivity contribution in [3.05, 3.63) is 34.9 Å². The number of rotatable bonds is 8. The number of guanidine groups is 1. The van der Waals surface area contributed by atoms with Crippen LogP contribution in [0.25, 0.3) is 0 Å². The standard InChI is InChI=1S/C24H39N3O3/c1-4-25-24(26-10-5-12-29-18-21-8-13-28-14-9-21)27-11-15-30-23(17-27)22-7-6-19(2)16-20(22)3/h6-7,16,21,23H,4-5,8-15,17-18H2,1-3H3,(H,25,26). The lowest BCUT2D eigenvalue weighted by Crippen LogP contribution is -2.48. The Bertz CT molecular complexity index is 674. The molecule has 6 heteroatoms. The summed E-state index contributed by atoms with van der Waals surface area (Å²) in [5.74, 6) is 1.65. The van der Waals surface area contributed by atoms with Crippen molar-refractivity contribution in [2.75, 3.05) is 59.2 Å². The molecule has 3 rings (SSSR count). The van der Waals surface area contributed by atoms with Gasteiger partial charge in [-0.25, -0.2) is 0 Å². The monoisotopic (exact) mass is 417 g/mol. The van der Waals surface area contributed by atoms with Crippen molar-refractivity contribution in [1.29, 1.82) is 0 Å². The first-order chi connectivity index (χ1) is 14.7. The third kappa shape index (κ3) is 6.96. The third-order valence-electron chi connectivity index (χ3n) is 5.88. The van der Waals surface area contributed by atoms with E-state index in [9.17, 15) is 0 Å². The molecule has 0 spiro atoms. The summed E-state index contributed by atoms with van der Waals surface area (Å²) in [4.78, 5) is 7.20. The predicted molar refractivity (Wildman–Crippen MR) is 121 cm³/mol. The summed E-state index contributed by atoms with van der Waals surface area (Å²) in [6.07, 6.45) is 3.29. The molecule has 0 saturated carbocycles. The number of ether oxygens (including phenoxy) is 3. The van der Waals surface area contributed by atoms with Crippen LogP contribution in [-0.4, -0.2) is 70.1 Å². The molecule has 2 aliphatic heterocycles. The highest BCUT2D eigenvalue weighted by atomic mass is 16.5. The van der Waals surface area contributed by atoms with Crippen LogP contribution in [0.4, 0.5) is 0 Å². The van der Waals surface area contributed by atoms with Crippen LogP contribution in [0, 0.1) is 19.8 Å². The number of aliphatic imine (C=N–C) groups is 1. The molecule has 0 aromatic heterocycles. The number of hydrogen-bond donors (Lipinski definition) is 1. The lowest BCUT2D eigenvalue weighted by molar-refractivity contribution is -0.00836. The van der Waals surface area contributed by atoms with Crippen LogP contribution in [0.1, 0.15) is 49.0 Å². The zero-order valence-electron chi connectivity index (χ0n) is 19.0. The molecule has 0 bridgehead atoms. The fraction of sp³-hybridized carbons (Fsp3) is 0.708. The van der Waals surface area contributed by atoms with Gasteiger partial charge in [-0.1, -0.05) is 23.8 Å². The third-order valence-corrected chi connectivity index (χ3v) is 5.88. The van der Waals surface area contributed by atoms with Gasteiger partial charge in [-0.2, -0.15) is 0 Å². The zero-order valence-corrected chi connectivity index (χ0v) is 19.0. The Hall–Kier alpha value is -1.63. The van der Waals surface area contributed by atoms with Gasteiger partial charge in [0.2, 0.25) is 0 Å². The molecule has 0 aliphatic carbocycles. The Balaban J connectivity index is 1.47. The second kappa shape index (κ2) is 12.3. The Kier molecular flexibility index (Phi) is 9.43. The minimum Gasteiger partial charge on any atom is -0.381 e. The van der Waals surface area contributed by atoms with Crippen molar-refractivity contribution in [2.24, 2.45) is 10.9 Å². The van der Waals surface area contributed by atoms with Gasteiger partial charge in [0.25, 0.3) is 0 Å². The average Bonchev–Trinajstić information content (AvgIpc) is 2.76. The maximum Gasteiger partial charge on any atom is 0.194 e. The van der Waals surface area contributed by atoms with Crippen LogP contribution >= 0.6 is 0 Å². The van der Waals surface area contributed by atoms with Gasteiger partial charge in [0.15, 0.2) is 5.96 Å². The first-order valence-electron chi connectivity index (χ1n) is 11.5. The lowest BCUT2D eigenvalue weighted by atomic mass is 10.00. The second-order valence-electron chi connectivity index (χ2n) is 8.39. The van der Waals surface area contributed by atoms with E-state index in [1.807, 2.05) is 0 Å². The highest BCUT2D eigenvalue weighted by molar-refractivity contribution is 5.80. The van der Waals surface area contributed by atoms with E-state index in [0.29, 0.717) is 5.92 Å². The van der Waals surface area contributed by atoms with Crippen LogP contribution in [0.2, 0.25) is 0 Å². The molecule has 1 aromatic carbocycles. The molecule has 6 nitrogen and oxygen atoms in total. The van der Waals surface area contributed by atoms with Crippen LogP contribution in [0.15, 0.2) is 23.2 Å². The molecule has 168 valence electrons. The lowest BCUT2D eigenvalue weighted by Gasteiger charge is -2.36. The fourth-order valence-corrected chi connectivity index (χ4v) is 4.16. The van der Waals surface area contributed by atoms with E-state index in [1.54, 1.807) is 0 Å². The Morgan fingerprint density at radius 2 is 2.07 bits per heavy atom. The number of morpholine rings is 1. The first-order valence-corrected chi connectivity index (χ1v) is 11.5. The summed E-state index contributed by atoms with van der Waals surface area (Å²) in [6, 6.07) is 6.61. The van der Waals surface area contributed by atoms with Crippen LogP contribution in [-0.2, 0) is 14.2 Å². The number of hydrogen-bond acceptors (Lipinski definition) is 4. The largest absolute Gasteiger partial charge is 0.381 e. The average molecular weight is 418 g/mol. The minimum absolute atomic E-state index is 0.0889. The van der Waals surface area contributed by atoms with Gasteiger partial charge < -0.3 is 24.4 Å². The van der Waals surface area contributed by atoms with Crippen molar-refractivity contribution in [2.45, 2.75) is 46.1 Å². The molecule has 1 aromatic rings. The van der Waals surface area contributed by atoms with E-state index < -0.39 is 0 Å². The summed E-state index contributed by atoms with van der Waals surface area (Å²) >= 11 is 0. The molecule has 1 unspecified atom stereocenters. The quantitative estimate of drug-likeness (QED) is 0.399. The second-order valence-corrected chi connectivity index (χ2v) is 8.39. The topological polar surface area (TPSA) is 55.3 Å². The maximum atomic E-state index is 6.11. The number of aryl methyl sites for hydroxylation is 2. The number of nitrogens with zero attached hydrogens (tertiary/aromatic N) is 2. The van der Waals surface area contributed by atoms with E-state index in [4.69, 9.17) is 19.2 Å². The van der Waals surface area contributed by atoms with Crippen molar-refractivity contribution in [3.63, 3.8) is 0 Å². The van der Waals surface area contributed by atoms with E-state index in [1.165, 1.54) is 16.7 Å².